The minimum Gasteiger partial charge on any atom is -0.457 e. The lowest BCUT2D eigenvalue weighted by Gasteiger charge is -2.08. The van der Waals surface area contributed by atoms with E-state index >= 15 is 0 Å². The molecule has 0 spiro atoms. The second-order valence-corrected chi connectivity index (χ2v) is 5.07. The van der Waals surface area contributed by atoms with Crippen LogP contribution in [0.2, 0.25) is 0 Å². The number of ether oxygens (including phenoxy) is 1. The number of hydrogen-bond acceptors (Lipinski definition) is 3. The lowest BCUT2D eigenvalue weighted by atomic mass is 10.1. The van der Waals surface area contributed by atoms with E-state index in [1.807, 2.05) is 30.3 Å². The zero-order valence-corrected chi connectivity index (χ0v) is 12.2. The van der Waals surface area contributed by atoms with Gasteiger partial charge in [-0.15, -0.1) is 0 Å². The van der Waals surface area contributed by atoms with Gasteiger partial charge in [0.25, 0.3) is 5.56 Å². The Balaban J connectivity index is 1.82. The molecule has 0 N–H and O–H groups in total. The van der Waals surface area contributed by atoms with Crippen molar-refractivity contribution in [3.63, 3.8) is 0 Å². The summed E-state index contributed by atoms with van der Waals surface area (Å²) in [6.07, 6.45) is 0. The van der Waals surface area contributed by atoms with Crippen molar-refractivity contribution in [2.24, 2.45) is 7.05 Å². The summed E-state index contributed by atoms with van der Waals surface area (Å²) < 4.78 is 6.86. The Bertz CT molecular complexity index is 882. The van der Waals surface area contributed by atoms with Crippen LogP contribution >= 0.6 is 0 Å². The Labute approximate surface area is 127 Å². The lowest BCUT2D eigenvalue weighted by Crippen LogP contribution is -2.15. The van der Waals surface area contributed by atoms with Gasteiger partial charge in [-0.25, -0.2) is 4.79 Å². The van der Waals surface area contributed by atoms with Crippen molar-refractivity contribution < 1.29 is 9.53 Å². The Hall–Kier alpha value is -2.88. The summed E-state index contributed by atoms with van der Waals surface area (Å²) in [5, 5.41) is 0.830. The van der Waals surface area contributed by atoms with Gasteiger partial charge in [0.1, 0.15) is 6.61 Å². The third-order valence-electron chi connectivity index (χ3n) is 3.57. The molecule has 0 saturated carbocycles. The Kier molecular flexibility index (Phi) is 3.74. The van der Waals surface area contributed by atoms with Gasteiger partial charge in [-0.1, -0.05) is 30.3 Å². The second kappa shape index (κ2) is 5.85. The summed E-state index contributed by atoms with van der Waals surface area (Å²) in [6, 6.07) is 17.9. The number of hydrogen-bond donors (Lipinski definition) is 0. The molecule has 0 bridgehead atoms. The molecular formula is C18H15NO3. The Morgan fingerprint density at radius 2 is 1.82 bits per heavy atom. The lowest BCUT2D eigenvalue weighted by molar-refractivity contribution is 0.0473. The standard InChI is InChI=1S/C18H15NO3/c1-19-16-9-7-15(11-14(16)8-10-17(19)20)18(21)22-12-13-5-3-2-4-6-13/h2-11H,12H2,1H3. The minimum absolute atomic E-state index is 0.0769. The highest BCUT2D eigenvalue weighted by molar-refractivity contribution is 5.94. The molecule has 22 heavy (non-hydrogen) atoms. The number of pyridine rings is 1. The van der Waals surface area contributed by atoms with Crippen LogP contribution in [-0.2, 0) is 18.4 Å². The molecule has 0 aliphatic carbocycles. The molecule has 4 heteroatoms. The van der Waals surface area contributed by atoms with Crippen LogP contribution < -0.4 is 5.56 Å². The fraction of sp³-hybridized carbons (Fsp3) is 0.111. The van der Waals surface area contributed by atoms with Crippen LogP contribution in [0.3, 0.4) is 0 Å². The van der Waals surface area contributed by atoms with E-state index in [4.69, 9.17) is 4.74 Å². The highest BCUT2D eigenvalue weighted by Crippen LogP contribution is 2.15. The summed E-state index contributed by atoms with van der Waals surface area (Å²) in [7, 11) is 1.71. The van der Waals surface area contributed by atoms with Gasteiger partial charge in [-0.2, -0.15) is 0 Å². The number of aromatic nitrogens is 1. The van der Waals surface area contributed by atoms with Crippen molar-refractivity contribution in [2.45, 2.75) is 6.61 Å². The van der Waals surface area contributed by atoms with Gasteiger partial charge in [0.05, 0.1) is 11.1 Å². The molecule has 3 aromatic rings. The largest absolute Gasteiger partial charge is 0.457 e. The number of aryl methyl sites for hydroxylation is 1. The molecule has 0 unspecified atom stereocenters. The van der Waals surface area contributed by atoms with Crippen LogP contribution in [0.15, 0.2) is 65.5 Å². The maximum absolute atomic E-state index is 12.1. The fourth-order valence-corrected chi connectivity index (χ4v) is 2.32. The molecule has 3 rings (SSSR count). The number of carbonyl (C=O) groups is 1. The van der Waals surface area contributed by atoms with Crippen molar-refractivity contribution in [3.8, 4) is 0 Å². The highest BCUT2D eigenvalue weighted by Gasteiger charge is 2.09. The highest BCUT2D eigenvalue weighted by atomic mass is 16.5. The molecule has 0 amide bonds. The maximum atomic E-state index is 12.1. The van der Waals surface area contributed by atoms with E-state index in [0.717, 1.165) is 16.5 Å². The summed E-state index contributed by atoms with van der Waals surface area (Å²) in [5.41, 5.74) is 2.13. The van der Waals surface area contributed by atoms with Crippen molar-refractivity contribution in [2.75, 3.05) is 0 Å². The SMILES string of the molecule is Cn1c(=O)ccc2cc(C(=O)OCc3ccccc3)ccc21. The van der Waals surface area contributed by atoms with Gasteiger partial charge < -0.3 is 9.30 Å². The normalized spacial score (nSPS) is 10.6. The van der Waals surface area contributed by atoms with Crippen LogP contribution in [0.4, 0.5) is 0 Å². The quantitative estimate of drug-likeness (QED) is 0.698. The zero-order chi connectivity index (χ0) is 15.5. The van der Waals surface area contributed by atoms with Crippen LogP contribution in [0.25, 0.3) is 10.9 Å². The predicted molar refractivity (Wildman–Crippen MR) is 84.8 cm³/mol. The smallest absolute Gasteiger partial charge is 0.338 e. The average Bonchev–Trinajstić information content (AvgIpc) is 2.56. The summed E-state index contributed by atoms with van der Waals surface area (Å²) in [6.45, 7) is 0.241. The molecule has 0 saturated heterocycles. The third kappa shape index (κ3) is 2.76. The van der Waals surface area contributed by atoms with E-state index in [1.54, 1.807) is 35.9 Å². The van der Waals surface area contributed by atoms with Crippen molar-refractivity contribution in [1.82, 2.24) is 4.57 Å². The van der Waals surface area contributed by atoms with E-state index < -0.39 is 0 Å². The first-order valence-corrected chi connectivity index (χ1v) is 6.96. The van der Waals surface area contributed by atoms with E-state index in [1.165, 1.54) is 6.07 Å². The van der Waals surface area contributed by atoms with Crippen molar-refractivity contribution in [1.29, 1.82) is 0 Å². The minimum atomic E-state index is -0.375. The number of rotatable bonds is 3. The number of benzene rings is 2. The molecular weight excluding hydrogens is 278 g/mol. The van der Waals surface area contributed by atoms with Gasteiger partial charge >= 0.3 is 5.97 Å². The van der Waals surface area contributed by atoms with Crippen molar-refractivity contribution in [3.05, 3.63) is 82.1 Å². The van der Waals surface area contributed by atoms with Gasteiger partial charge in [0.2, 0.25) is 0 Å². The Morgan fingerprint density at radius 1 is 1.05 bits per heavy atom. The van der Waals surface area contributed by atoms with Gasteiger partial charge in [-0.05, 0) is 35.2 Å². The third-order valence-corrected chi connectivity index (χ3v) is 3.57. The monoisotopic (exact) mass is 293 g/mol. The number of nitrogens with zero attached hydrogens (tertiary/aromatic N) is 1. The van der Waals surface area contributed by atoms with Gasteiger partial charge in [-0.3, -0.25) is 4.79 Å². The maximum Gasteiger partial charge on any atom is 0.338 e. The molecule has 4 nitrogen and oxygen atoms in total. The fourth-order valence-electron chi connectivity index (χ4n) is 2.32. The number of esters is 1. The van der Waals surface area contributed by atoms with Gasteiger partial charge in [0, 0.05) is 13.1 Å². The van der Waals surface area contributed by atoms with E-state index in [0.29, 0.717) is 5.56 Å². The van der Waals surface area contributed by atoms with E-state index in [9.17, 15) is 9.59 Å². The topological polar surface area (TPSA) is 48.3 Å². The second-order valence-electron chi connectivity index (χ2n) is 5.07. The van der Waals surface area contributed by atoms with Crippen LogP contribution in [-0.4, -0.2) is 10.5 Å². The molecule has 1 heterocycles. The molecule has 1 aromatic heterocycles. The first-order valence-electron chi connectivity index (χ1n) is 6.96. The summed E-state index contributed by atoms with van der Waals surface area (Å²) >= 11 is 0. The molecule has 0 fully saturated rings. The van der Waals surface area contributed by atoms with Crippen molar-refractivity contribution >= 4 is 16.9 Å². The summed E-state index contributed by atoms with van der Waals surface area (Å²) in [5.74, 6) is -0.375. The molecule has 0 aliphatic rings. The molecule has 2 aromatic carbocycles. The Morgan fingerprint density at radius 3 is 2.59 bits per heavy atom. The molecule has 0 radical (unpaired) electrons. The molecule has 110 valence electrons. The predicted octanol–water partition coefficient (Wildman–Crippen LogP) is 2.90. The first kappa shape index (κ1) is 14.1. The number of carbonyl (C=O) groups excluding carboxylic acids is 1. The van der Waals surface area contributed by atoms with Crippen LogP contribution in [0, 0.1) is 0 Å². The van der Waals surface area contributed by atoms with Gasteiger partial charge in [0.15, 0.2) is 0 Å². The van der Waals surface area contributed by atoms with E-state index in [-0.39, 0.29) is 18.1 Å². The zero-order valence-electron chi connectivity index (χ0n) is 12.2. The molecule has 0 atom stereocenters. The number of fused-ring (bicyclic) bond motifs is 1. The van der Waals surface area contributed by atoms with E-state index in [2.05, 4.69) is 0 Å². The van der Waals surface area contributed by atoms with Crippen LogP contribution in [0.5, 0.6) is 0 Å². The first-order chi connectivity index (χ1) is 10.6. The summed E-state index contributed by atoms with van der Waals surface area (Å²) in [4.78, 5) is 23.7. The molecule has 0 aliphatic heterocycles. The average molecular weight is 293 g/mol. The van der Waals surface area contributed by atoms with Crippen LogP contribution in [0.1, 0.15) is 15.9 Å².